The maximum absolute atomic E-state index is 12.6. The first-order valence-corrected chi connectivity index (χ1v) is 9.66. The Hall–Kier alpha value is -2.01. The first-order chi connectivity index (χ1) is 12.9. The van der Waals surface area contributed by atoms with Crippen molar-refractivity contribution in [3.63, 3.8) is 0 Å². The number of benzene rings is 1. The van der Waals surface area contributed by atoms with E-state index in [9.17, 15) is 10.1 Å². The Labute approximate surface area is 164 Å². The lowest BCUT2D eigenvalue weighted by Gasteiger charge is -2.53. The minimum Gasteiger partial charge on any atom is -0.348 e. The number of carbonyl (C=O) groups is 1. The Kier molecular flexibility index (Phi) is 4.46. The van der Waals surface area contributed by atoms with Crippen molar-refractivity contribution in [2.75, 3.05) is 18.1 Å². The van der Waals surface area contributed by atoms with Crippen LogP contribution in [-0.2, 0) is 14.3 Å². The van der Waals surface area contributed by atoms with E-state index >= 15 is 0 Å². The van der Waals surface area contributed by atoms with E-state index in [2.05, 4.69) is 36.1 Å². The lowest BCUT2D eigenvalue weighted by molar-refractivity contribution is -0.186. The number of hydrogen-bond acceptors (Lipinski definition) is 6. The zero-order chi connectivity index (χ0) is 19.2. The highest BCUT2D eigenvalue weighted by atomic mass is 32.1. The highest BCUT2D eigenvalue weighted by Crippen LogP contribution is 2.47. The SMILES string of the molecule is Cc1ccc(C)c(N2C(S)=C(C#N)C(=O)NC23CCC2(CC3)OCCO2)c1. The molecule has 1 saturated heterocycles. The molecule has 6 nitrogen and oxygen atoms in total. The van der Waals surface area contributed by atoms with Crippen molar-refractivity contribution in [1.82, 2.24) is 5.32 Å². The van der Waals surface area contributed by atoms with E-state index in [1.54, 1.807) is 0 Å². The average molecular weight is 385 g/mol. The quantitative estimate of drug-likeness (QED) is 0.727. The number of anilines is 1. The van der Waals surface area contributed by atoms with Gasteiger partial charge in [-0.25, -0.2) is 0 Å². The molecular weight excluding hydrogens is 362 g/mol. The van der Waals surface area contributed by atoms with Crippen LogP contribution in [0.25, 0.3) is 0 Å². The van der Waals surface area contributed by atoms with Crippen molar-refractivity contribution in [2.24, 2.45) is 0 Å². The third-order valence-electron chi connectivity index (χ3n) is 5.81. The highest BCUT2D eigenvalue weighted by Gasteiger charge is 2.53. The minimum atomic E-state index is -0.645. The molecule has 2 heterocycles. The third kappa shape index (κ3) is 2.92. The first-order valence-electron chi connectivity index (χ1n) is 9.21. The van der Waals surface area contributed by atoms with Gasteiger partial charge < -0.3 is 19.7 Å². The van der Waals surface area contributed by atoms with Gasteiger partial charge in [0.05, 0.1) is 18.2 Å². The van der Waals surface area contributed by atoms with Crippen molar-refractivity contribution in [3.8, 4) is 6.07 Å². The second-order valence-electron chi connectivity index (χ2n) is 7.53. The number of nitrogens with one attached hydrogen (secondary N) is 1. The summed E-state index contributed by atoms with van der Waals surface area (Å²) in [6, 6.07) is 8.19. The molecule has 0 radical (unpaired) electrons. The normalized spacial score (nSPS) is 23.6. The fraction of sp³-hybridized carbons (Fsp3) is 0.500. The zero-order valence-electron chi connectivity index (χ0n) is 15.5. The molecule has 1 saturated carbocycles. The summed E-state index contributed by atoms with van der Waals surface area (Å²) in [4.78, 5) is 14.6. The van der Waals surface area contributed by atoms with Crippen LogP contribution in [0.5, 0.6) is 0 Å². The van der Waals surface area contributed by atoms with E-state index in [1.807, 2.05) is 24.8 Å². The van der Waals surface area contributed by atoms with Crippen LogP contribution in [0.2, 0.25) is 0 Å². The topological polar surface area (TPSA) is 74.6 Å². The summed E-state index contributed by atoms with van der Waals surface area (Å²) in [6.07, 6.45) is 2.65. The Morgan fingerprint density at radius 2 is 1.85 bits per heavy atom. The maximum atomic E-state index is 12.6. The summed E-state index contributed by atoms with van der Waals surface area (Å²) < 4.78 is 11.7. The Bertz CT molecular complexity index is 858. The molecule has 2 aliphatic heterocycles. The number of nitriles is 1. The number of hydrogen-bond donors (Lipinski definition) is 2. The molecule has 1 aromatic rings. The summed E-state index contributed by atoms with van der Waals surface area (Å²) >= 11 is 4.63. The third-order valence-corrected chi connectivity index (χ3v) is 6.23. The zero-order valence-corrected chi connectivity index (χ0v) is 16.4. The van der Waals surface area contributed by atoms with E-state index < -0.39 is 11.4 Å². The smallest absolute Gasteiger partial charge is 0.266 e. The molecule has 1 aliphatic carbocycles. The van der Waals surface area contributed by atoms with Gasteiger partial charge in [-0.05, 0) is 43.9 Å². The minimum absolute atomic E-state index is 0.0403. The monoisotopic (exact) mass is 385 g/mol. The highest BCUT2D eigenvalue weighted by molar-refractivity contribution is 7.84. The number of rotatable bonds is 1. The molecule has 4 rings (SSSR count). The van der Waals surface area contributed by atoms with Crippen LogP contribution < -0.4 is 10.2 Å². The Morgan fingerprint density at radius 3 is 2.48 bits per heavy atom. The van der Waals surface area contributed by atoms with E-state index in [4.69, 9.17) is 9.47 Å². The van der Waals surface area contributed by atoms with Crippen molar-refractivity contribution < 1.29 is 14.3 Å². The molecule has 0 unspecified atom stereocenters. The molecule has 0 atom stereocenters. The average Bonchev–Trinajstić information content (AvgIpc) is 3.09. The van der Waals surface area contributed by atoms with E-state index in [1.165, 1.54) is 0 Å². The molecular formula is C20H23N3O3S. The molecule has 7 heteroatoms. The number of aryl methyl sites for hydroxylation is 2. The number of amides is 1. The van der Waals surface area contributed by atoms with Gasteiger partial charge >= 0.3 is 0 Å². The fourth-order valence-electron chi connectivity index (χ4n) is 4.33. The van der Waals surface area contributed by atoms with Gasteiger partial charge in [-0.2, -0.15) is 5.26 Å². The fourth-order valence-corrected chi connectivity index (χ4v) is 4.78. The predicted molar refractivity (Wildman–Crippen MR) is 104 cm³/mol. The molecule has 1 amide bonds. The van der Waals surface area contributed by atoms with Gasteiger partial charge in [-0.15, -0.1) is 12.6 Å². The summed E-state index contributed by atoms with van der Waals surface area (Å²) in [5.41, 5.74) is 2.52. The summed E-state index contributed by atoms with van der Waals surface area (Å²) in [5.74, 6) is -0.910. The molecule has 0 bridgehead atoms. The molecule has 142 valence electrons. The molecule has 1 aromatic carbocycles. The molecule has 2 fully saturated rings. The van der Waals surface area contributed by atoms with Crippen molar-refractivity contribution >= 4 is 24.2 Å². The van der Waals surface area contributed by atoms with E-state index in [-0.39, 0.29) is 11.5 Å². The number of ether oxygens (including phenoxy) is 2. The van der Waals surface area contributed by atoms with Crippen LogP contribution in [-0.4, -0.2) is 30.6 Å². The van der Waals surface area contributed by atoms with Gasteiger partial charge in [0.15, 0.2) is 5.79 Å². The van der Waals surface area contributed by atoms with E-state index in [0.717, 1.165) is 16.8 Å². The number of nitrogens with zero attached hydrogens (tertiary/aromatic N) is 2. The van der Waals surface area contributed by atoms with Crippen molar-refractivity contribution in [2.45, 2.75) is 51.0 Å². The standard InChI is InChI=1S/C20H23N3O3S/c1-13-3-4-14(2)16(11-13)23-18(27)15(12-21)17(24)22-19(23)5-7-20(8-6-19)25-9-10-26-20/h3-4,11,27H,5-10H2,1-2H3,(H,22,24). The van der Waals surface area contributed by atoms with Gasteiger partial charge in [0.2, 0.25) is 0 Å². The summed E-state index contributed by atoms with van der Waals surface area (Å²) in [5, 5.41) is 13.0. The van der Waals surface area contributed by atoms with Gasteiger partial charge in [-0.1, -0.05) is 12.1 Å². The van der Waals surface area contributed by atoms with Crippen molar-refractivity contribution in [3.05, 3.63) is 39.9 Å². The lowest BCUT2D eigenvalue weighted by atomic mass is 9.81. The predicted octanol–water partition coefficient (Wildman–Crippen LogP) is 2.92. The lowest BCUT2D eigenvalue weighted by Crippen LogP contribution is -2.66. The summed E-state index contributed by atoms with van der Waals surface area (Å²) in [6.45, 7) is 5.27. The van der Waals surface area contributed by atoms with Crippen LogP contribution in [0.15, 0.2) is 28.8 Å². The second kappa shape index (κ2) is 6.55. The molecule has 0 aromatic heterocycles. The molecule has 3 aliphatic rings. The van der Waals surface area contributed by atoms with Gasteiger partial charge in [0, 0.05) is 18.5 Å². The van der Waals surface area contributed by atoms with Gasteiger partial charge in [0.25, 0.3) is 5.91 Å². The molecule has 27 heavy (non-hydrogen) atoms. The maximum Gasteiger partial charge on any atom is 0.266 e. The van der Waals surface area contributed by atoms with E-state index in [0.29, 0.717) is 43.9 Å². The van der Waals surface area contributed by atoms with Gasteiger partial charge in [-0.3, -0.25) is 4.79 Å². The largest absolute Gasteiger partial charge is 0.348 e. The number of thiol groups is 1. The van der Waals surface area contributed by atoms with Crippen LogP contribution in [0.3, 0.4) is 0 Å². The Balaban J connectivity index is 1.80. The van der Waals surface area contributed by atoms with Crippen LogP contribution in [0.4, 0.5) is 5.69 Å². The van der Waals surface area contributed by atoms with Gasteiger partial charge in [0.1, 0.15) is 17.3 Å². The number of carbonyl (C=O) groups excluding carboxylic acids is 1. The van der Waals surface area contributed by atoms with Crippen molar-refractivity contribution in [1.29, 1.82) is 5.26 Å². The van der Waals surface area contributed by atoms with Crippen LogP contribution >= 0.6 is 12.6 Å². The van der Waals surface area contributed by atoms with Crippen LogP contribution in [0.1, 0.15) is 36.8 Å². The summed E-state index contributed by atoms with van der Waals surface area (Å²) in [7, 11) is 0. The first kappa shape index (κ1) is 18.4. The second-order valence-corrected chi connectivity index (χ2v) is 7.95. The van der Waals surface area contributed by atoms with Crippen LogP contribution in [0, 0.1) is 25.2 Å². The molecule has 2 spiro atoms. The Morgan fingerprint density at radius 1 is 1.19 bits per heavy atom. The molecule has 1 N–H and O–H groups in total.